The summed E-state index contributed by atoms with van der Waals surface area (Å²) in [5, 5.41) is 8.90. The number of carboxylic acid groups (broad SMARTS) is 1. The van der Waals surface area contributed by atoms with Crippen molar-refractivity contribution < 1.29 is 14.6 Å². The molecular weight excluding hydrogens is 242 g/mol. The van der Waals surface area contributed by atoms with E-state index in [-0.39, 0.29) is 0 Å². The van der Waals surface area contributed by atoms with Gasteiger partial charge in [-0.1, -0.05) is 26.2 Å². The van der Waals surface area contributed by atoms with E-state index >= 15 is 0 Å². The van der Waals surface area contributed by atoms with Crippen LogP contribution in [-0.2, 0) is 9.53 Å². The van der Waals surface area contributed by atoms with Gasteiger partial charge in [-0.25, -0.2) is 0 Å². The van der Waals surface area contributed by atoms with Crippen molar-refractivity contribution in [2.45, 2.75) is 76.9 Å². The molecule has 0 aliphatic heterocycles. The van der Waals surface area contributed by atoms with Gasteiger partial charge in [0.15, 0.2) is 0 Å². The lowest BCUT2D eigenvalue weighted by atomic mass is 9.85. The van der Waals surface area contributed by atoms with E-state index in [4.69, 9.17) is 15.6 Å². The molecule has 112 valence electrons. The molecule has 3 atom stereocenters. The Kier molecular flexibility index (Phi) is 6.80. The minimum Gasteiger partial charge on any atom is -0.480 e. The fraction of sp³-hybridized carbons (Fsp3) is 0.933. The average Bonchev–Trinajstić information content (AvgIpc) is 2.38. The lowest BCUT2D eigenvalue weighted by molar-refractivity contribution is -0.143. The fourth-order valence-corrected chi connectivity index (χ4v) is 2.72. The molecule has 4 heteroatoms. The molecule has 1 saturated carbocycles. The number of carbonyl (C=O) groups is 1. The Morgan fingerprint density at radius 1 is 1.42 bits per heavy atom. The third-order valence-electron chi connectivity index (χ3n) is 4.24. The van der Waals surface area contributed by atoms with Gasteiger partial charge in [-0.15, -0.1) is 0 Å². The molecule has 0 saturated heterocycles. The largest absolute Gasteiger partial charge is 0.480 e. The second-order valence-electron chi connectivity index (χ2n) is 6.11. The van der Waals surface area contributed by atoms with Crippen molar-refractivity contribution in [2.75, 3.05) is 6.61 Å². The molecule has 4 nitrogen and oxygen atoms in total. The Morgan fingerprint density at radius 3 is 2.79 bits per heavy atom. The van der Waals surface area contributed by atoms with Gasteiger partial charge in [0.05, 0.1) is 6.10 Å². The Labute approximate surface area is 116 Å². The van der Waals surface area contributed by atoms with Crippen LogP contribution in [0.25, 0.3) is 0 Å². The maximum atomic E-state index is 10.8. The molecular formula is C15H29NO3. The van der Waals surface area contributed by atoms with Crippen LogP contribution in [0.5, 0.6) is 0 Å². The van der Waals surface area contributed by atoms with Crippen molar-refractivity contribution in [3.05, 3.63) is 0 Å². The standard InChI is InChI=1S/C15H29NO3/c1-3-12-7-6-8-13(11-12)19-10-5-4-9-15(2,16)14(17)18/h12-13H,3-11,16H2,1-2H3,(H,17,18). The summed E-state index contributed by atoms with van der Waals surface area (Å²) in [7, 11) is 0. The van der Waals surface area contributed by atoms with E-state index in [1.807, 2.05) is 0 Å². The molecule has 0 heterocycles. The molecule has 0 bridgehead atoms. The van der Waals surface area contributed by atoms with Crippen molar-refractivity contribution in [3.8, 4) is 0 Å². The number of hydrogen-bond donors (Lipinski definition) is 2. The zero-order valence-corrected chi connectivity index (χ0v) is 12.4. The Balaban J connectivity index is 2.09. The monoisotopic (exact) mass is 271 g/mol. The summed E-state index contributed by atoms with van der Waals surface area (Å²) in [6.07, 6.45) is 8.89. The predicted molar refractivity (Wildman–Crippen MR) is 76.1 cm³/mol. The van der Waals surface area contributed by atoms with E-state index in [0.29, 0.717) is 12.5 Å². The number of unbranched alkanes of at least 4 members (excludes halogenated alkanes) is 1. The van der Waals surface area contributed by atoms with Crippen molar-refractivity contribution in [1.82, 2.24) is 0 Å². The molecule has 1 aliphatic rings. The molecule has 0 radical (unpaired) electrons. The minimum absolute atomic E-state index is 0.419. The van der Waals surface area contributed by atoms with E-state index < -0.39 is 11.5 Å². The zero-order valence-electron chi connectivity index (χ0n) is 12.4. The summed E-state index contributed by atoms with van der Waals surface area (Å²) in [5.41, 5.74) is 4.58. The Hall–Kier alpha value is -0.610. The number of hydrogen-bond acceptors (Lipinski definition) is 3. The molecule has 1 rings (SSSR count). The molecule has 0 aromatic heterocycles. The third kappa shape index (κ3) is 5.91. The lowest BCUT2D eigenvalue weighted by Gasteiger charge is -2.28. The summed E-state index contributed by atoms with van der Waals surface area (Å²) in [6.45, 7) is 4.56. The average molecular weight is 271 g/mol. The van der Waals surface area contributed by atoms with E-state index in [9.17, 15) is 4.79 Å². The maximum Gasteiger partial charge on any atom is 0.323 e. The first-order chi connectivity index (χ1) is 8.95. The molecule has 19 heavy (non-hydrogen) atoms. The number of rotatable bonds is 8. The highest BCUT2D eigenvalue weighted by Gasteiger charge is 2.27. The second kappa shape index (κ2) is 7.85. The van der Waals surface area contributed by atoms with Gasteiger partial charge in [0.2, 0.25) is 0 Å². The van der Waals surface area contributed by atoms with Gasteiger partial charge in [0, 0.05) is 6.61 Å². The van der Waals surface area contributed by atoms with Gasteiger partial charge in [-0.05, 0) is 44.9 Å². The highest BCUT2D eigenvalue weighted by Crippen LogP contribution is 2.28. The quantitative estimate of drug-likeness (QED) is 0.666. The van der Waals surface area contributed by atoms with Crippen LogP contribution in [0.2, 0.25) is 0 Å². The number of carboxylic acids is 1. The van der Waals surface area contributed by atoms with Crippen LogP contribution >= 0.6 is 0 Å². The van der Waals surface area contributed by atoms with Crippen LogP contribution in [-0.4, -0.2) is 29.3 Å². The summed E-state index contributed by atoms with van der Waals surface area (Å²) >= 11 is 0. The van der Waals surface area contributed by atoms with Crippen molar-refractivity contribution >= 4 is 5.97 Å². The number of nitrogens with two attached hydrogens (primary N) is 1. The summed E-state index contributed by atoms with van der Waals surface area (Å²) < 4.78 is 5.90. The molecule has 0 amide bonds. The van der Waals surface area contributed by atoms with Gasteiger partial charge in [-0.3, -0.25) is 4.79 Å². The van der Waals surface area contributed by atoms with Gasteiger partial charge >= 0.3 is 5.97 Å². The Morgan fingerprint density at radius 2 is 2.16 bits per heavy atom. The van der Waals surface area contributed by atoms with Crippen LogP contribution in [0.3, 0.4) is 0 Å². The summed E-state index contributed by atoms with van der Waals surface area (Å²) in [4.78, 5) is 10.8. The zero-order chi connectivity index (χ0) is 14.3. The van der Waals surface area contributed by atoms with E-state index in [1.165, 1.54) is 32.1 Å². The normalized spacial score (nSPS) is 26.9. The van der Waals surface area contributed by atoms with E-state index in [2.05, 4.69) is 6.92 Å². The van der Waals surface area contributed by atoms with E-state index in [0.717, 1.165) is 25.4 Å². The predicted octanol–water partition coefficient (Wildman–Crippen LogP) is 2.94. The second-order valence-corrected chi connectivity index (χ2v) is 6.11. The van der Waals surface area contributed by atoms with Gasteiger partial charge < -0.3 is 15.6 Å². The molecule has 0 spiro atoms. The third-order valence-corrected chi connectivity index (χ3v) is 4.24. The molecule has 1 aliphatic carbocycles. The Bertz CT molecular complexity index is 279. The van der Waals surface area contributed by atoms with Gasteiger partial charge in [0.25, 0.3) is 0 Å². The van der Waals surface area contributed by atoms with Crippen molar-refractivity contribution in [2.24, 2.45) is 11.7 Å². The topological polar surface area (TPSA) is 72.5 Å². The van der Waals surface area contributed by atoms with Crippen molar-refractivity contribution in [3.63, 3.8) is 0 Å². The first kappa shape index (κ1) is 16.4. The van der Waals surface area contributed by atoms with Crippen LogP contribution in [0, 0.1) is 5.92 Å². The molecule has 1 fully saturated rings. The maximum absolute atomic E-state index is 10.8. The van der Waals surface area contributed by atoms with Gasteiger partial charge in [0.1, 0.15) is 5.54 Å². The smallest absolute Gasteiger partial charge is 0.323 e. The number of aliphatic carboxylic acids is 1. The summed E-state index contributed by atoms with van der Waals surface area (Å²) in [5.74, 6) is -0.0930. The van der Waals surface area contributed by atoms with Crippen LogP contribution in [0.1, 0.15) is 65.2 Å². The van der Waals surface area contributed by atoms with Crippen molar-refractivity contribution in [1.29, 1.82) is 0 Å². The van der Waals surface area contributed by atoms with E-state index in [1.54, 1.807) is 6.92 Å². The lowest BCUT2D eigenvalue weighted by Crippen LogP contribution is -2.44. The molecule has 0 aromatic carbocycles. The highest BCUT2D eigenvalue weighted by molar-refractivity contribution is 5.77. The summed E-state index contributed by atoms with van der Waals surface area (Å²) in [6, 6.07) is 0. The molecule has 0 aromatic rings. The minimum atomic E-state index is -1.10. The van der Waals surface area contributed by atoms with Crippen LogP contribution in [0.4, 0.5) is 0 Å². The number of ether oxygens (including phenoxy) is 1. The fourth-order valence-electron chi connectivity index (χ4n) is 2.72. The highest BCUT2D eigenvalue weighted by atomic mass is 16.5. The van der Waals surface area contributed by atoms with Crippen LogP contribution in [0.15, 0.2) is 0 Å². The van der Waals surface area contributed by atoms with Gasteiger partial charge in [-0.2, -0.15) is 0 Å². The molecule has 3 unspecified atom stereocenters. The SMILES string of the molecule is CCC1CCCC(OCCCCC(C)(N)C(=O)O)C1. The first-order valence-corrected chi connectivity index (χ1v) is 7.59. The van der Waals surface area contributed by atoms with Crippen LogP contribution < -0.4 is 5.73 Å². The molecule has 3 N–H and O–H groups in total. The first-order valence-electron chi connectivity index (χ1n) is 7.59.